The molecular weight excluding hydrogens is 309 g/mol. The van der Waals surface area contributed by atoms with E-state index in [2.05, 4.69) is 10.2 Å². The number of benzene rings is 1. The molecule has 23 heavy (non-hydrogen) atoms. The van der Waals surface area contributed by atoms with Crippen molar-refractivity contribution in [3.8, 4) is 0 Å². The van der Waals surface area contributed by atoms with Gasteiger partial charge in [0.05, 0.1) is 24.8 Å². The first-order valence-corrected chi connectivity index (χ1v) is 7.28. The van der Waals surface area contributed by atoms with Gasteiger partial charge in [0.2, 0.25) is 0 Å². The van der Waals surface area contributed by atoms with Gasteiger partial charge in [0, 0.05) is 20.1 Å². The van der Waals surface area contributed by atoms with Gasteiger partial charge in [0.15, 0.2) is 0 Å². The SMILES string of the molecule is Cn1cnnc1CN1CCOC(c2ccccc2C(F)(F)F)C1. The lowest BCUT2D eigenvalue weighted by Gasteiger charge is -2.33. The van der Waals surface area contributed by atoms with E-state index in [-0.39, 0.29) is 5.56 Å². The summed E-state index contributed by atoms with van der Waals surface area (Å²) in [4.78, 5) is 2.03. The molecule has 1 unspecified atom stereocenters. The van der Waals surface area contributed by atoms with Crippen molar-refractivity contribution in [2.24, 2.45) is 7.05 Å². The van der Waals surface area contributed by atoms with Gasteiger partial charge in [-0.3, -0.25) is 4.90 Å². The minimum absolute atomic E-state index is 0.183. The van der Waals surface area contributed by atoms with E-state index in [4.69, 9.17) is 4.74 Å². The van der Waals surface area contributed by atoms with Crippen LogP contribution in [0.1, 0.15) is 23.1 Å². The molecule has 1 fully saturated rings. The Balaban J connectivity index is 1.78. The minimum atomic E-state index is -4.38. The third kappa shape index (κ3) is 3.53. The topological polar surface area (TPSA) is 43.2 Å². The molecule has 1 aromatic carbocycles. The van der Waals surface area contributed by atoms with Gasteiger partial charge < -0.3 is 9.30 Å². The summed E-state index contributed by atoms with van der Waals surface area (Å²) in [5, 5.41) is 7.83. The fraction of sp³-hybridized carbons (Fsp3) is 0.467. The molecule has 0 amide bonds. The number of aromatic nitrogens is 3. The highest BCUT2D eigenvalue weighted by atomic mass is 19.4. The summed E-state index contributed by atoms with van der Waals surface area (Å²) in [5.74, 6) is 0.773. The highest BCUT2D eigenvalue weighted by Crippen LogP contribution is 2.36. The van der Waals surface area contributed by atoms with Crippen molar-refractivity contribution in [3.63, 3.8) is 0 Å². The molecule has 2 heterocycles. The Hall–Kier alpha value is -1.93. The number of morpholine rings is 1. The Labute approximate surface area is 131 Å². The second kappa shape index (κ2) is 6.29. The van der Waals surface area contributed by atoms with Gasteiger partial charge in [-0.25, -0.2) is 0 Å². The standard InChI is InChI=1S/C15H17F3N4O/c1-21-10-19-20-14(21)9-22-6-7-23-13(8-22)11-4-2-3-5-12(11)15(16,17)18/h2-5,10,13H,6-9H2,1H3. The van der Waals surface area contributed by atoms with Gasteiger partial charge in [-0.2, -0.15) is 13.2 Å². The molecular formula is C15H17F3N4O. The van der Waals surface area contributed by atoms with Gasteiger partial charge >= 0.3 is 6.18 Å². The van der Waals surface area contributed by atoms with Crippen LogP contribution in [0.4, 0.5) is 13.2 Å². The van der Waals surface area contributed by atoms with E-state index in [1.165, 1.54) is 12.1 Å². The third-order valence-electron chi connectivity index (χ3n) is 3.93. The first-order valence-electron chi connectivity index (χ1n) is 7.28. The smallest absolute Gasteiger partial charge is 0.371 e. The molecule has 5 nitrogen and oxygen atoms in total. The molecule has 0 N–H and O–H groups in total. The molecule has 0 saturated carbocycles. The zero-order valence-corrected chi connectivity index (χ0v) is 12.6. The molecule has 124 valence electrons. The van der Waals surface area contributed by atoms with Gasteiger partial charge in [-0.1, -0.05) is 18.2 Å². The van der Waals surface area contributed by atoms with E-state index in [0.717, 1.165) is 11.9 Å². The Bertz CT molecular complexity index is 671. The number of rotatable bonds is 3. The number of halogens is 3. The molecule has 0 bridgehead atoms. The molecule has 0 aliphatic carbocycles. The Morgan fingerprint density at radius 2 is 2.09 bits per heavy atom. The summed E-state index contributed by atoms with van der Waals surface area (Å²) in [7, 11) is 1.84. The monoisotopic (exact) mass is 326 g/mol. The molecule has 1 aromatic heterocycles. The van der Waals surface area contributed by atoms with Gasteiger partial charge in [0.1, 0.15) is 12.2 Å². The maximum Gasteiger partial charge on any atom is 0.416 e. The molecule has 3 rings (SSSR count). The summed E-state index contributed by atoms with van der Waals surface area (Å²) in [6, 6.07) is 5.58. The van der Waals surface area contributed by atoms with Crippen molar-refractivity contribution >= 4 is 0 Å². The first kappa shape index (κ1) is 15.9. The van der Waals surface area contributed by atoms with E-state index in [1.807, 2.05) is 11.9 Å². The van der Waals surface area contributed by atoms with Crippen LogP contribution in [0.5, 0.6) is 0 Å². The van der Waals surface area contributed by atoms with Crippen molar-refractivity contribution in [1.29, 1.82) is 0 Å². The molecule has 2 aromatic rings. The molecule has 1 aliphatic heterocycles. The van der Waals surface area contributed by atoms with Crippen LogP contribution < -0.4 is 0 Å². The largest absolute Gasteiger partial charge is 0.416 e. The average molecular weight is 326 g/mol. The third-order valence-corrected chi connectivity index (χ3v) is 3.93. The molecule has 0 radical (unpaired) electrons. The van der Waals surface area contributed by atoms with Crippen LogP contribution in [-0.4, -0.2) is 39.4 Å². The fourth-order valence-electron chi connectivity index (χ4n) is 2.72. The second-order valence-electron chi connectivity index (χ2n) is 5.54. The maximum absolute atomic E-state index is 13.2. The Kier molecular flexibility index (Phi) is 4.36. The van der Waals surface area contributed by atoms with E-state index in [0.29, 0.717) is 26.2 Å². The lowest BCUT2D eigenvalue weighted by Crippen LogP contribution is -2.39. The fourth-order valence-corrected chi connectivity index (χ4v) is 2.72. The summed E-state index contributed by atoms with van der Waals surface area (Å²) < 4.78 is 46.9. The summed E-state index contributed by atoms with van der Waals surface area (Å²) in [6.07, 6.45) is -3.38. The minimum Gasteiger partial charge on any atom is -0.371 e. The first-order chi connectivity index (χ1) is 10.9. The lowest BCUT2D eigenvalue weighted by atomic mass is 10.0. The molecule has 1 atom stereocenters. The van der Waals surface area contributed by atoms with Crippen LogP contribution in [0.2, 0.25) is 0 Å². The normalized spacial score (nSPS) is 19.9. The number of hydrogen-bond acceptors (Lipinski definition) is 4. The van der Waals surface area contributed by atoms with Gasteiger partial charge in [-0.15, -0.1) is 10.2 Å². The summed E-state index contributed by atoms with van der Waals surface area (Å²) >= 11 is 0. The van der Waals surface area contributed by atoms with Gasteiger partial charge in [0.25, 0.3) is 0 Å². The van der Waals surface area contributed by atoms with Crippen LogP contribution in [0.15, 0.2) is 30.6 Å². The van der Waals surface area contributed by atoms with Crippen molar-refractivity contribution in [2.75, 3.05) is 19.7 Å². The molecule has 8 heteroatoms. The number of ether oxygens (including phenoxy) is 1. The zero-order chi connectivity index (χ0) is 16.4. The van der Waals surface area contributed by atoms with Crippen LogP contribution in [-0.2, 0) is 24.5 Å². The van der Waals surface area contributed by atoms with E-state index in [9.17, 15) is 13.2 Å². The van der Waals surface area contributed by atoms with Crippen molar-refractivity contribution in [3.05, 3.63) is 47.5 Å². The summed E-state index contributed by atoms with van der Waals surface area (Å²) in [6.45, 7) is 1.96. The Morgan fingerprint density at radius 3 is 2.78 bits per heavy atom. The lowest BCUT2D eigenvalue weighted by molar-refractivity contribution is -0.140. The number of hydrogen-bond donors (Lipinski definition) is 0. The zero-order valence-electron chi connectivity index (χ0n) is 12.6. The quantitative estimate of drug-likeness (QED) is 0.869. The number of nitrogens with zero attached hydrogens (tertiary/aromatic N) is 4. The van der Waals surface area contributed by atoms with Gasteiger partial charge in [-0.05, 0) is 11.6 Å². The molecule has 0 spiro atoms. The van der Waals surface area contributed by atoms with Crippen LogP contribution >= 0.6 is 0 Å². The molecule has 1 saturated heterocycles. The number of alkyl halides is 3. The van der Waals surface area contributed by atoms with Crippen molar-refractivity contribution < 1.29 is 17.9 Å². The summed E-state index contributed by atoms with van der Waals surface area (Å²) in [5.41, 5.74) is -0.451. The van der Waals surface area contributed by atoms with Crippen LogP contribution in [0.3, 0.4) is 0 Å². The van der Waals surface area contributed by atoms with Crippen LogP contribution in [0, 0.1) is 0 Å². The van der Waals surface area contributed by atoms with E-state index in [1.54, 1.807) is 17.0 Å². The maximum atomic E-state index is 13.2. The van der Waals surface area contributed by atoms with Crippen molar-refractivity contribution in [1.82, 2.24) is 19.7 Å². The highest BCUT2D eigenvalue weighted by Gasteiger charge is 2.36. The Morgan fingerprint density at radius 1 is 1.30 bits per heavy atom. The van der Waals surface area contributed by atoms with E-state index < -0.39 is 17.8 Å². The average Bonchev–Trinajstić information content (AvgIpc) is 2.92. The second-order valence-corrected chi connectivity index (χ2v) is 5.54. The number of aryl methyl sites for hydroxylation is 1. The predicted molar refractivity (Wildman–Crippen MR) is 76.4 cm³/mol. The van der Waals surface area contributed by atoms with E-state index >= 15 is 0 Å². The predicted octanol–water partition coefficient (Wildman–Crippen LogP) is 2.41. The van der Waals surface area contributed by atoms with Crippen LogP contribution in [0.25, 0.3) is 0 Å². The highest BCUT2D eigenvalue weighted by molar-refractivity contribution is 5.32. The van der Waals surface area contributed by atoms with Crippen molar-refractivity contribution in [2.45, 2.75) is 18.8 Å². The molecule has 1 aliphatic rings.